The lowest BCUT2D eigenvalue weighted by molar-refractivity contribution is 0.142. The molecule has 24 heavy (non-hydrogen) atoms. The van der Waals surface area contributed by atoms with Gasteiger partial charge in [0.15, 0.2) is 0 Å². The summed E-state index contributed by atoms with van der Waals surface area (Å²) < 4.78 is 0. The molecule has 1 aliphatic rings. The molecule has 1 heteroatoms. The van der Waals surface area contributed by atoms with E-state index in [0.29, 0.717) is 11.8 Å². The van der Waals surface area contributed by atoms with Crippen molar-refractivity contribution in [3.63, 3.8) is 0 Å². The highest BCUT2D eigenvalue weighted by Gasteiger charge is 2.31. The molecule has 3 atom stereocenters. The fourth-order valence-corrected chi connectivity index (χ4v) is 3.30. The van der Waals surface area contributed by atoms with E-state index in [0.717, 1.165) is 12.8 Å². The summed E-state index contributed by atoms with van der Waals surface area (Å²) >= 11 is 0. The Kier molecular flexibility index (Phi) is 16.9. The van der Waals surface area contributed by atoms with Crippen LogP contribution in [0.25, 0.3) is 0 Å². The van der Waals surface area contributed by atoms with Gasteiger partial charge in [0.25, 0.3) is 0 Å². The summed E-state index contributed by atoms with van der Waals surface area (Å²) in [4.78, 5) is 0. The van der Waals surface area contributed by atoms with Gasteiger partial charge in [0.1, 0.15) is 0 Å². The molecule has 0 bridgehead atoms. The van der Waals surface area contributed by atoms with Gasteiger partial charge in [-0.05, 0) is 44.4 Å². The quantitative estimate of drug-likeness (QED) is 0.307. The van der Waals surface area contributed by atoms with Crippen molar-refractivity contribution in [2.75, 3.05) is 0 Å². The van der Waals surface area contributed by atoms with Crippen molar-refractivity contribution < 1.29 is 5.11 Å². The van der Waals surface area contributed by atoms with Crippen LogP contribution in [0.4, 0.5) is 0 Å². The number of unbranched alkanes of at least 4 members (excludes halogenated alkanes) is 6. The lowest BCUT2D eigenvalue weighted by atomic mass is 9.91. The molecule has 1 saturated carbocycles. The SMILES string of the molecule is CCC.CCCC/C=C\C[C@H]1CC[C@@H](O)C1/C=C/CCCCCC. The van der Waals surface area contributed by atoms with E-state index in [1.807, 2.05) is 0 Å². The molecule has 1 fully saturated rings. The highest BCUT2D eigenvalue weighted by Crippen LogP contribution is 2.36. The Hall–Kier alpha value is -0.560. The van der Waals surface area contributed by atoms with E-state index in [1.54, 1.807) is 0 Å². The smallest absolute Gasteiger partial charge is 0.0605 e. The van der Waals surface area contributed by atoms with Crippen LogP contribution >= 0.6 is 0 Å². The van der Waals surface area contributed by atoms with Crippen molar-refractivity contribution in [3.8, 4) is 0 Å². The zero-order valence-corrected chi connectivity index (χ0v) is 17.0. The molecule has 0 radical (unpaired) electrons. The van der Waals surface area contributed by atoms with E-state index in [2.05, 4.69) is 52.0 Å². The Morgan fingerprint density at radius 1 is 0.792 bits per heavy atom. The van der Waals surface area contributed by atoms with Gasteiger partial charge >= 0.3 is 0 Å². The molecule has 1 rings (SSSR count). The maximum Gasteiger partial charge on any atom is 0.0605 e. The summed E-state index contributed by atoms with van der Waals surface area (Å²) in [6.45, 7) is 8.74. The van der Waals surface area contributed by atoms with Crippen LogP contribution in [-0.4, -0.2) is 11.2 Å². The van der Waals surface area contributed by atoms with Crippen molar-refractivity contribution in [1.29, 1.82) is 0 Å². The third-order valence-corrected chi connectivity index (χ3v) is 4.73. The second kappa shape index (κ2) is 17.3. The molecule has 0 spiro atoms. The largest absolute Gasteiger partial charge is 0.393 e. The normalized spacial score (nSPS) is 23.8. The molecule has 0 saturated heterocycles. The minimum Gasteiger partial charge on any atom is -0.393 e. The molecule has 1 N–H and O–H groups in total. The third-order valence-electron chi connectivity index (χ3n) is 4.73. The molecule has 1 aliphatic carbocycles. The summed E-state index contributed by atoms with van der Waals surface area (Å²) in [5.74, 6) is 1.05. The summed E-state index contributed by atoms with van der Waals surface area (Å²) in [6, 6.07) is 0. The Labute approximate surface area is 152 Å². The standard InChI is InChI=1S/C20H36O.C3H8/c1-3-5-7-9-11-13-15-19-18(16-17-20(19)21)14-12-10-8-6-4-2;1-3-2/h10,12-13,15,18-21H,3-9,11,14,16-17H2,1-2H3;3H2,1-2H3/b12-10-,15-13+;/t18-,19?,20+;/m0./s1. The van der Waals surface area contributed by atoms with Crippen molar-refractivity contribution in [2.24, 2.45) is 11.8 Å². The fourth-order valence-electron chi connectivity index (χ4n) is 3.30. The average Bonchev–Trinajstić information content (AvgIpc) is 2.92. The van der Waals surface area contributed by atoms with E-state index < -0.39 is 0 Å². The molecule has 0 aromatic rings. The van der Waals surface area contributed by atoms with Crippen LogP contribution in [0.15, 0.2) is 24.3 Å². The first-order valence-electron chi connectivity index (χ1n) is 10.7. The lowest BCUT2D eigenvalue weighted by Crippen LogP contribution is -2.16. The molecule has 0 amide bonds. The van der Waals surface area contributed by atoms with Gasteiger partial charge < -0.3 is 5.11 Å². The minimum atomic E-state index is -0.106. The van der Waals surface area contributed by atoms with E-state index in [4.69, 9.17) is 0 Å². The van der Waals surface area contributed by atoms with Crippen LogP contribution in [0.3, 0.4) is 0 Å². The molecule has 0 aliphatic heterocycles. The van der Waals surface area contributed by atoms with Crippen molar-refractivity contribution in [1.82, 2.24) is 0 Å². The molecule has 0 heterocycles. The molecule has 0 aromatic heterocycles. The minimum absolute atomic E-state index is 0.106. The lowest BCUT2D eigenvalue weighted by Gasteiger charge is -2.17. The maximum absolute atomic E-state index is 10.2. The first-order valence-corrected chi connectivity index (χ1v) is 10.7. The molecule has 1 unspecified atom stereocenters. The predicted molar refractivity (Wildman–Crippen MR) is 109 cm³/mol. The molecule has 142 valence electrons. The van der Waals surface area contributed by atoms with Gasteiger partial charge in [-0.25, -0.2) is 0 Å². The van der Waals surface area contributed by atoms with Crippen molar-refractivity contribution in [2.45, 2.75) is 111 Å². The van der Waals surface area contributed by atoms with E-state index in [1.165, 1.54) is 64.2 Å². The van der Waals surface area contributed by atoms with Gasteiger partial charge in [-0.3, -0.25) is 0 Å². The summed E-state index contributed by atoms with van der Waals surface area (Å²) in [5.41, 5.74) is 0. The van der Waals surface area contributed by atoms with Gasteiger partial charge in [0.05, 0.1) is 6.10 Å². The van der Waals surface area contributed by atoms with E-state index in [9.17, 15) is 5.11 Å². The zero-order valence-electron chi connectivity index (χ0n) is 17.0. The third kappa shape index (κ3) is 11.9. The number of aliphatic hydroxyl groups excluding tert-OH is 1. The van der Waals surface area contributed by atoms with Gasteiger partial charge in [0, 0.05) is 5.92 Å². The molecule has 0 aromatic carbocycles. The average molecular weight is 337 g/mol. The Balaban J connectivity index is 0.00000163. The number of allylic oxidation sites excluding steroid dienone is 3. The second-order valence-electron chi connectivity index (χ2n) is 7.32. The highest BCUT2D eigenvalue weighted by molar-refractivity contribution is 5.01. The van der Waals surface area contributed by atoms with Crippen molar-refractivity contribution >= 4 is 0 Å². The first-order chi connectivity index (χ1) is 11.7. The molecular weight excluding hydrogens is 292 g/mol. The second-order valence-corrected chi connectivity index (χ2v) is 7.32. The predicted octanol–water partition coefficient (Wildman–Crippen LogP) is 7.45. The van der Waals surface area contributed by atoms with Crippen molar-refractivity contribution in [3.05, 3.63) is 24.3 Å². The topological polar surface area (TPSA) is 20.2 Å². The van der Waals surface area contributed by atoms with E-state index in [-0.39, 0.29) is 6.10 Å². The summed E-state index contributed by atoms with van der Waals surface area (Å²) in [7, 11) is 0. The van der Waals surface area contributed by atoms with Crippen LogP contribution in [0.1, 0.15) is 105 Å². The Bertz CT molecular complexity index is 305. The summed E-state index contributed by atoms with van der Waals surface area (Å²) in [6.07, 6.45) is 24.0. The fraction of sp³-hybridized carbons (Fsp3) is 0.826. The first kappa shape index (κ1) is 23.4. The zero-order chi connectivity index (χ0) is 18.0. The van der Waals surface area contributed by atoms with E-state index >= 15 is 0 Å². The van der Waals surface area contributed by atoms with Gasteiger partial charge in [-0.2, -0.15) is 0 Å². The Morgan fingerprint density at radius 3 is 2.12 bits per heavy atom. The van der Waals surface area contributed by atoms with Crippen LogP contribution < -0.4 is 0 Å². The Morgan fingerprint density at radius 2 is 1.46 bits per heavy atom. The maximum atomic E-state index is 10.2. The summed E-state index contributed by atoms with van der Waals surface area (Å²) in [5, 5.41) is 10.2. The van der Waals surface area contributed by atoms with Crippen LogP contribution in [0.5, 0.6) is 0 Å². The number of hydrogen-bond acceptors (Lipinski definition) is 1. The molecular formula is C23H44O. The van der Waals surface area contributed by atoms with Gasteiger partial charge in [-0.15, -0.1) is 0 Å². The highest BCUT2D eigenvalue weighted by atomic mass is 16.3. The van der Waals surface area contributed by atoms with Gasteiger partial charge in [0.2, 0.25) is 0 Å². The van der Waals surface area contributed by atoms with Crippen LogP contribution in [0, 0.1) is 11.8 Å². The monoisotopic (exact) mass is 336 g/mol. The van der Waals surface area contributed by atoms with Crippen LogP contribution in [0.2, 0.25) is 0 Å². The van der Waals surface area contributed by atoms with Gasteiger partial charge in [-0.1, -0.05) is 90.5 Å². The number of aliphatic hydroxyl groups is 1. The number of hydrogen-bond donors (Lipinski definition) is 1. The van der Waals surface area contributed by atoms with Crippen LogP contribution in [-0.2, 0) is 0 Å². The molecule has 1 nitrogen and oxygen atoms in total. The number of rotatable bonds is 11.